The molecule has 0 saturated heterocycles. The summed E-state index contributed by atoms with van der Waals surface area (Å²) in [5.41, 5.74) is 5.34. The summed E-state index contributed by atoms with van der Waals surface area (Å²) in [6.07, 6.45) is 5.18. The zero-order chi connectivity index (χ0) is 39.0. The predicted molar refractivity (Wildman–Crippen MR) is 211 cm³/mol. The number of methoxy groups -OCH3 is 1. The van der Waals surface area contributed by atoms with Gasteiger partial charge in [-0.05, 0) is 116 Å². The van der Waals surface area contributed by atoms with Crippen LogP contribution >= 0.6 is 11.3 Å². The lowest BCUT2D eigenvalue weighted by Gasteiger charge is -2.31. The highest BCUT2D eigenvalue weighted by Crippen LogP contribution is 2.39. The molecule has 1 heterocycles. The van der Waals surface area contributed by atoms with E-state index in [4.69, 9.17) is 4.74 Å². The van der Waals surface area contributed by atoms with E-state index in [9.17, 15) is 29.1 Å². The van der Waals surface area contributed by atoms with E-state index < -0.39 is 11.4 Å². The summed E-state index contributed by atoms with van der Waals surface area (Å²) in [6.45, 7) is 7.64. The van der Waals surface area contributed by atoms with Gasteiger partial charge in [-0.3, -0.25) is 19.2 Å². The lowest BCUT2D eigenvalue weighted by molar-refractivity contribution is -0.141. The minimum atomic E-state index is -0.945. The summed E-state index contributed by atoms with van der Waals surface area (Å²) in [5, 5.41) is 15.9. The number of ether oxygens (including phenoxy) is 1. The minimum Gasteiger partial charge on any atom is -0.481 e. The lowest BCUT2D eigenvalue weighted by Crippen LogP contribution is -2.39. The molecule has 284 valence electrons. The molecule has 0 saturated carbocycles. The number of carboxylic acid groups (broad SMARTS) is 1. The molecule has 5 rings (SSSR count). The van der Waals surface area contributed by atoms with Crippen molar-refractivity contribution in [2.45, 2.75) is 91.6 Å². The van der Waals surface area contributed by atoms with E-state index in [1.807, 2.05) is 56.3 Å². The second kappa shape index (κ2) is 17.7. The van der Waals surface area contributed by atoms with E-state index in [-0.39, 0.29) is 49.1 Å². The molecule has 0 atom stereocenters. The third-order valence-electron chi connectivity index (χ3n) is 9.66. The number of rotatable bonds is 15. The number of benzene rings is 3. The zero-order valence-corrected chi connectivity index (χ0v) is 32.4. The Hall–Kier alpha value is -5.29. The summed E-state index contributed by atoms with van der Waals surface area (Å²) >= 11 is 1.45. The first-order chi connectivity index (χ1) is 25.7. The van der Waals surface area contributed by atoms with Crippen LogP contribution < -0.4 is 10.6 Å². The maximum atomic E-state index is 13.9. The number of hydrogen-bond donors (Lipinski definition) is 3. The number of anilines is 2. The quantitative estimate of drug-likeness (QED) is 0.104. The fourth-order valence-corrected chi connectivity index (χ4v) is 8.06. The van der Waals surface area contributed by atoms with Crippen LogP contribution in [0.1, 0.15) is 112 Å². The molecule has 4 aromatic rings. The number of esters is 1. The van der Waals surface area contributed by atoms with Crippen molar-refractivity contribution in [2.24, 2.45) is 5.41 Å². The zero-order valence-electron chi connectivity index (χ0n) is 31.6. The summed E-state index contributed by atoms with van der Waals surface area (Å²) in [7, 11) is 1.36. The van der Waals surface area contributed by atoms with Gasteiger partial charge in [0.2, 0.25) is 5.91 Å². The molecule has 0 bridgehead atoms. The van der Waals surface area contributed by atoms with Gasteiger partial charge in [0.1, 0.15) is 5.00 Å². The molecule has 1 aliphatic carbocycles. The second-order valence-corrected chi connectivity index (χ2v) is 16.0. The highest BCUT2D eigenvalue weighted by Gasteiger charge is 2.30. The van der Waals surface area contributed by atoms with Gasteiger partial charge in [-0.15, -0.1) is 11.3 Å². The molecule has 0 spiro atoms. The van der Waals surface area contributed by atoms with Crippen molar-refractivity contribution in [3.63, 3.8) is 0 Å². The van der Waals surface area contributed by atoms with Gasteiger partial charge in [-0.1, -0.05) is 50.2 Å². The Morgan fingerprint density at radius 3 is 2.09 bits per heavy atom. The molecule has 1 aromatic heterocycles. The molecular formula is C43H49N3O7S. The highest BCUT2D eigenvalue weighted by atomic mass is 32.1. The SMILES string of the molecule is COC(=O)c1ccc(CCc2ccc(NC(=O)c3c(NC(=O)c4cccc(CN(C(=O)CC(C)(C)CC(=O)O)C(C)C)c4)sc4c3CCCC4)cc2)cc1. The van der Waals surface area contributed by atoms with Crippen LogP contribution in [-0.4, -0.2) is 52.8 Å². The Kier molecular flexibility index (Phi) is 13.1. The number of aliphatic carboxylic acids is 1. The topological polar surface area (TPSA) is 142 Å². The van der Waals surface area contributed by atoms with Gasteiger partial charge in [-0.25, -0.2) is 4.79 Å². The fourth-order valence-electron chi connectivity index (χ4n) is 6.78. The van der Waals surface area contributed by atoms with Crippen molar-refractivity contribution in [1.82, 2.24) is 4.90 Å². The van der Waals surface area contributed by atoms with Crippen molar-refractivity contribution in [3.05, 3.63) is 117 Å². The van der Waals surface area contributed by atoms with E-state index in [0.717, 1.165) is 65.7 Å². The minimum absolute atomic E-state index is 0.0887. The summed E-state index contributed by atoms with van der Waals surface area (Å²) in [5.74, 6) is -2.07. The average molecular weight is 752 g/mol. The van der Waals surface area contributed by atoms with Gasteiger partial charge in [0.15, 0.2) is 0 Å². The third-order valence-corrected chi connectivity index (χ3v) is 10.9. The fraction of sp³-hybridized carbons (Fsp3) is 0.372. The number of nitrogens with one attached hydrogen (secondary N) is 2. The average Bonchev–Trinajstić information content (AvgIpc) is 3.50. The molecule has 3 amide bonds. The summed E-state index contributed by atoms with van der Waals surface area (Å²) in [4.78, 5) is 66.8. The maximum absolute atomic E-state index is 13.9. The van der Waals surface area contributed by atoms with Gasteiger partial charge in [0, 0.05) is 35.1 Å². The molecule has 10 nitrogen and oxygen atoms in total. The number of thiophene rings is 1. The van der Waals surface area contributed by atoms with Crippen LogP contribution in [-0.2, 0) is 46.6 Å². The van der Waals surface area contributed by atoms with Crippen LogP contribution in [0.2, 0.25) is 0 Å². The third kappa shape index (κ3) is 10.4. The number of fused-ring (bicyclic) bond motifs is 1. The highest BCUT2D eigenvalue weighted by molar-refractivity contribution is 7.17. The Morgan fingerprint density at radius 2 is 1.46 bits per heavy atom. The van der Waals surface area contributed by atoms with Gasteiger partial charge in [-0.2, -0.15) is 0 Å². The molecule has 0 radical (unpaired) electrons. The number of carbonyl (C=O) groups is 5. The molecule has 0 fully saturated rings. The van der Waals surface area contributed by atoms with Crippen molar-refractivity contribution in [3.8, 4) is 0 Å². The smallest absolute Gasteiger partial charge is 0.337 e. The summed E-state index contributed by atoms with van der Waals surface area (Å²) < 4.78 is 4.77. The van der Waals surface area contributed by atoms with E-state index >= 15 is 0 Å². The van der Waals surface area contributed by atoms with E-state index in [0.29, 0.717) is 27.4 Å². The van der Waals surface area contributed by atoms with Crippen molar-refractivity contribution >= 4 is 51.7 Å². The van der Waals surface area contributed by atoms with E-state index in [1.54, 1.807) is 49.1 Å². The molecule has 1 aliphatic rings. The van der Waals surface area contributed by atoms with Crippen LogP contribution in [0.15, 0.2) is 72.8 Å². The van der Waals surface area contributed by atoms with Crippen LogP contribution in [0, 0.1) is 5.41 Å². The predicted octanol–water partition coefficient (Wildman–Crippen LogP) is 8.33. The van der Waals surface area contributed by atoms with Crippen molar-refractivity contribution in [1.29, 1.82) is 0 Å². The van der Waals surface area contributed by atoms with Gasteiger partial charge < -0.3 is 25.4 Å². The molecule has 0 unspecified atom stereocenters. The lowest BCUT2D eigenvalue weighted by atomic mass is 9.85. The van der Waals surface area contributed by atoms with Crippen molar-refractivity contribution < 1.29 is 33.8 Å². The Labute approximate surface area is 320 Å². The number of aryl methyl sites for hydroxylation is 3. The monoisotopic (exact) mass is 751 g/mol. The standard InChI is InChI=1S/C43H49N3O7S/c1-27(2)46(36(47)24-43(3,4)25-37(48)49)26-30-9-8-10-32(23-30)39(50)45-41-38(34-11-6-7-12-35(34)54-41)40(51)44-33-21-17-29(18-22-33)14-13-28-15-19-31(20-16-28)42(52)53-5/h8-10,15-23,27H,6-7,11-14,24-26H2,1-5H3,(H,44,51)(H,45,50)(H,48,49). The molecular weight excluding hydrogens is 703 g/mol. The Balaban J connectivity index is 1.26. The largest absolute Gasteiger partial charge is 0.481 e. The van der Waals surface area contributed by atoms with E-state index in [2.05, 4.69) is 10.6 Å². The Bertz CT molecular complexity index is 2000. The summed E-state index contributed by atoms with van der Waals surface area (Å²) in [6, 6.07) is 22.1. The number of amides is 3. The van der Waals surface area contributed by atoms with E-state index in [1.165, 1.54) is 18.4 Å². The second-order valence-electron chi connectivity index (χ2n) is 14.9. The first-order valence-corrected chi connectivity index (χ1v) is 19.2. The van der Waals surface area contributed by atoms with Crippen molar-refractivity contribution in [2.75, 3.05) is 17.7 Å². The maximum Gasteiger partial charge on any atom is 0.337 e. The van der Waals surface area contributed by atoms with Crippen LogP contribution in [0.3, 0.4) is 0 Å². The molecule has 0 aliphatic heterocycles. The molecule has 54 heavy (non-hydrogen) atoms. The normalized spacial score (nSPS) is 12.5. The number of nitrogens with zero attached hydrogens (tertiary/aromatic N) is 1. The van der Waals surface area contributed by atoms with Gasteiger partial charge in [0.25, 0.3) is 11.8 Å². The van der Waals surface area contributed by atoms with Crippen LogP contribution in [0.5, 0.6) is 0 Å². The van der Waals surface area contributed by atoms with Crippen LogP contribution in [0.4, 0.5) is 10.7 Å². The molecule has 11 heteroatoms. The first kappa shape index (κ1) is 39.9. The number of carbonyl (C=O) groups excluding carboxylic acids is 4. The molecule has 3 N–H and O–H groups in total. The number of hydrogen-bond acceptors (Lipinski definition) is 7. The molecule has 3 aromatic carbocycles. The van der Waals surface area contributed by atoms with Gasteiger partial charge >= 0.3 is 11.9 Å². The first-order valence-electron chi connectivity index (χ1n) is 18.4. The number of carboxylic acids is 1. The Morgan fingerprint density at radius 1 is 0.815 bits per heavy atom. The van der Waals surface area contributed by atoms with Crippen LogP contribution in [0.25, 0.3) is 0 Å². The van der Waals surface area contributed by atoms with Gasteiger partial charge in [0.05, 0.1) is 24.7 Å².